The maximum atomic E-state index is 11.5. The molecule has 1 amide bonds. The van der Waals surface area contributed by atoms with Crippen LogP contribution >= 0.6 is 22.9 Å². The number of hydrogen-bond donors (Lipinski definition) is 1. The van der Waals surface area contributed by atoms with Crippen molar-refractivity contribution in [3.05, 3.63) is 48.0 Å². The predicted octanol–water partition coefficient (Wildman–Crippen LogP) is 4.45. The standard InChI is InChI=1S/C16H13ClN2OS/c1-10-11(5-4-7-12(10)18-15(20)9-17)16-19-13-6-2-3-8-14(13)21-16/h2-8H,9H2,1H3,(H,18,20). The molecule has 0 aliphatic heterocycles. The molecule has 0 aliphatic rings. The number of hydrogen-bond acceptors (Lipinski definition) is 3. The third-order valence-corrected chi connectivity index (χ3v) is 4.57. The molecule has 0 radical (unpaired) electrons. The monoisotopic (exact) mass is 316 g/mol. The zero-order valence-corrected chi connectivity index (χ0v) is 13.0. The fourth-order valence-electron chi connectivity index (χ4n) is 2.17. The Kier molecular flexibility index (Phi) is 3.90. The molecule has 0 saturated heterocycles. The largest absolute Gasteiger partial charge is 0.325 e. The lowest BCUT2D eigenvalue weighted by Crippen LogP contribution is -2.13. The van der Waals surface area contributed by atoms with Crippen molar-refractivity contribution in [3.63, 3.8) is 0 Å². The summed E-state index contributed by atoms with van der Waals surface area (Å²) in [5.41, 5.74) is 3.79. The van der Waals surface area contributed by atoms with Gasteiger partial charge in [0.15, 0.2) is 0 Å². The average Bonchev–Trinajstić information content (AvgIpc) is 2.92. The summed E-state index contributed by atoms with van der Waals surface area (Å²) in [5.74, 6) is -0.258. The number of amides is 1. The molecular formula is C16H13ClN2OS. The van der Waals surface area contributed by atoms with Crippen molar-refractivity contribution in [2.45, 2.75) is 6.92 Å². The van der Waals surface area contributed by atoms with Gasteiger partial charge >= 0.3 is 0 Å². The van der Waals surface area contributed by atoms with E-state index in [4.69, 9.17) is 11.6 Å². The molecule has 0 spiro atoms. The van der Waals surface area contributed by atoms with E-state index in [-0.39, 0.29) is 11.8 Å². The molecule has 1 heterocycles. The summed E-state index contributed by atoms with van der Waals surface area (Å²) in [6.07, 6.45) is 0. The van der Waals surface area contributed by atoms with Crippen LogP contribution in [0, 0.1) is 6.92 Å². The first-order valence-corrected chi connectivity index (χ1v) is 7.85. The van der Waals surface area contributed by atoms with Crippen LogP contribution in [0.2, 0.25) is 0 Å². The van der Waals surface area contributed by atoms with Crippen molar-refractivity contribution < 1.29 is 4.79 Å². The minimum Gasteiger partial charge on any atom is -0.325 e. The van der Waals surface area contributed by atoms with Gasteiger partial charge in [0.05, 0.1) is 10.2 Å². The highest BCUT2D eigenvalue weighted by Gasteiger charge is 2.12. The molecule has 3 aromatic rings. The Labute approximate surface area is 131 Å². The number of benzene rings is 2. The second-order valence-electron chi connectivity index (χ2n) is 4.65. The fraction of sp³-hybridized carbons (Fsp3) is 0.125. The Morgan fingerprint density at radius 2 is 2.05 bits per heavy atom. The number of alkyl halides is 1. The van der Waals surface area contributed by atoms with E-state index in [0.29, 0.717) is 0 Å². The second kappa shape index (κ2) is 5.84. The van der Waals surface area contributed by atoms with Crippen LogP contribution in [0.1, 0.15) is 5.56 Å². The number of rotatable bonds is 3. The van der Waals surface area contributed by atoms with Crippen molar-refractivity contribution >= 4 is 44.7 Å². The highest BCUT2D eigenvalue weighted by atomic mass is 35.5. The molecular weight excluding hydrogens is 304 g/mol. The number of nitrogens with zero attached hydrogens (tertiary/aromatic N) is 1. The number of carbonyl (C=O) groups is 1. The van der Waals surface area contributed by atoms with Crippen LogP contribution in [-0.2, 0) is 4.79 Å². The minimum atomic E-state index is -0.207. The van der Waals surface area contributed by atoms with E-state index >= 15 is 0 Å². The number of thiazole rings is 1. The maximum Gasteiger partial charge on any atom is 0.239 e. The van der Waals surface area contributed by atoms with Gasteiger partial charge in [0.2, 0.25) is 5.91 Å². The van der Waals surface area contributed by atoms with Gasteiger partial charge in [0.25, 0.3) is 0 Å². The van der Waals surface area contributed by atoms with E-state index in [1.54, 1.807) is 11.3 Å². The molecule has 1 N–H and O–H groups in total. The van der Waals surface area contributed by atoms with Crippen molar-refractivity contribution in [1.29, 1.82) is 0 Å². The molecule has 3 rings (SSSR count). The summed E-state index contributed by atoms with van der Waals surface area (Å²) in [6, 6.07) is 13.9. The average molecular weight is 317 g/mol. The highest BCUT2D eigenvalue weighted by Crippen LogP contribution is 2.34. The van der Waals surface area contributed by atoms with E-state index in [1.807, 2.05) is 43.3 Å². The van der Waals surface area contributed by atoms with Crippen LogP contribution in [0.15, 0.2) is 42.5 Å². The second-order valence-corrected chi connectivity index (χ2v) is 5.94. The molecule has 0 unspecified atom stereocenters. The molecule has 2 aromatic carbocycles. The molecule has 21 heavy (non-hydrogen) atoms. The van der Waals surface area contributed by atoms with E-state index < -0.39 is 0 Å². The Morgan fingerprint density at radius 3 is 2.81 bits per heavy atom. The summed E-state index contributed by atoms with van der Waals surface area (Å²) in [7, 11) is 0. The van der Waals surface area contributed by atoms with Crippen molar-refractivity contribution in [2.24, 2.45) is 0 Å². The Morgan fingerprint density at radius 1 is 1.24 bits per heavy atom. The number of halogens is 1. The van der Waals surface area contributed by atoms with Crippen molar-refractivity contribution in [2.75, 3.05) is 11.2 Å². The van der Waals surface area contributed by atoms with E-state index in [0.717, 1.165) is 32.0 Å². The number of fused-ring (bicyclic) bond motifs is 1. The SMILES string of the molecule is Cc1c(NC(=O)CCl)cccc1-c1nc2ccccc2s1. The summed E-state index contributed by atoms with van der Waals surface area (Å²) >= 11 is 7.19. The predicted molar refractivity (Wildman–Crippen MR) is 89.1 cm³/mol. The van der Waals surface area contributed by atoms with Gasteiger partial charge in [-0.25, -0.2) is 4.98 Å². The number of nitrogens with one attached hydrogen (secondary N) is 1. The number of anilines is 1. The van der Waals surface area contributed by atoms with Gasteiger partial charge in [-0.3, -0.25) is 4.79 Å². The third-order valence-electron chi connectivity index (χ3n) is 3.25. The van der Waals surface area contributed by atoms with Gasteiger partial charge in [-0.05, 0) is 30.7 Å². The lowest BCUT2D eigenvalue weighted by Gasteiger charge is -2.10. The van der Waals surface area contributed by atoms with E-state index in [1.165, 1.54) is 0 Å². The number of aromatic nitrogens is 1. The van der Waals surface area contributed by atoms with Gasteiger partial charge < -0.3 is 5.32 Å². The molecule has 0 aliphatic carbocycles. The van der Waals surface area contributed by atoms with Crippen LogP contribution in [0.4, 0.5) is 5.69 Å². The fourth-order valence-corrected chi connectivity index (χ4v) is 3.29. The van der Waals surface area contributed by atoms with Gasteiger partial charge in [0.1, 0.15) is 10.9 Å². The van der Waals surface area contributed by atoms with E-state index in [9.17, 15) is 4.79 Å². The summed E-state index contributed by atoms with van der Waals surface area (Å²) in [6.45, 7) is 1.98. The lowest BCUT2D eigenvalue weighted by atomic mass is 10.1. The summed E-state index contributed by atoms with van der Waals surface area (Å²) < 4.78 is 1.15. The van der Waals surface area contributed by atoms with Gasteiger partial charge in [0, 0.05) is 11.3 Å². The summed E-state index contributed by atoms with van der Waals surface area (Å²) in [4.78, 5) is 16.1. The summed E-state index contributed by atoms with van der Waals surface area (Å²) in [5, 5.41) is 3.76. The van der Waals surface area contributed by atoms with Crippen LogP contribution in [-0.4, -0.2) is 16.8 Å². The number of carbonyl (C=O) groups excluding carboxylic acids is 1. The van der Waals surface area contributed by atoms with E-state index in [2.05, 4.69) is 16.4 Å². The molecule has 0 saturated carbocycles. The normalized spacial score (nSPS) is 10.8. The van der Waals surface area contributed by atoms with Gasteiger partial charge in [-0.1, -0.05) is 24.3 Å². The molecule has 106 valence electrons. The molecule has 3 nitrogen and oxygen atoms in total. The van der Waals surface area contributed by atoms with Crippen LogP contribution in [0.3, 0.4) is 0 Å². The molecule has 1 aromatic heterocycles. The lowest BCUT2D eigenvalue weighted by molar-refractivity contribution is -0.113. The minimum absolute atomic E-state index is 0.0508. The quantitative estimate of drug-likeness (QED) is 0.725. The smallest absolute Gasteiger partial charge is 0.239 e. The molecule has 0 bridgehead atoms. The zero-order valence-electron chi connectivity index (χ0n) is 11.4. The number of para-hydroxylation sites is 1. The first-order valence-electron chi connectivity index (χ1n) is 6.50. The zero-order chi connectivity index (χ0) is 14.8. The highest BCUT2D eigenvalue weighted by molar-refractivity contribution is 7.21. The Balaban J connectivity index is 2.05. The Hall–Kier alpha value is -1.91. The van der Waals surface area contributed by atoms with Crippen LogP contribution in [0.5, 0.6) is 0 Å². The van der Waals surface area contributed by atoms with Gasteiger partial charge in [-0.2, -0.15) is 0 Å². The molecule has 5 heteroatoms. The maximum absolute atomic E-state index is 11.5. The molecule has 0 atom stereocenters. The van der Waals surface area contributed by atoms with Crippen LogP contribution in [0.25, 0.3) is 20.8 Å². The topological polar surface area (TPSA) is 42.0 Å². The Bertz CT molecular complexity index is 780. The molecule has 0 fully saturated rings. The first-order chi connectivity index (χ1) is 10.2. The van der Waals surface area contributed by atoms with Crippen molar-refractivity contribution in [3.8, 4) is 10.6 Å². The van der Waals surface area contributed by atoms with Crippen LogP contribution < -0.4 is 5.32 Å². The van der Waals surface area contributed by atoms with Gasteiger partial charge in [-0.15, -0.1) is 22.9 Å². The van der Waals surface area contributed by atoms with Crippen molar-refractivity contribution in [1.82, 2.24) is 4.98 Å². The third kappa shape index (κ3) is 2.77. The first kappa shape index (κ1) is 14.0.